The second-order valence-electron chi connectivity index (χ2n) is 7.13. The van der Waals surface area contributed by atoms with Crippen LogP contribution >= 0.6 is 0 Å². The zero-order valence-corrected chi connectivity index (χ0v) is 15.5. The minimum absolute atomic E-state index is 0.169. The molecule has 0 radical (unpaired) electrons. The van der Waals surface area contributed by atoms with Crippen LogP contribution in [0.1, 0.15) is 11.1 Å². The first-order valence-corrected chi connectivity index (χ1v) is 9.24. The summed E-state index contributed by atoms with van der Waals surface area (Å²) in [6.45, 7) is 8.34. The number of rotatable bonds is 6. The van der Waals surface area contributed by atoms with Gasteiger partial charge in [0.15, 0.2) is 0 Å². The average molecular weight is 359 g/mol. The predicted molar refractivity (Wildman–Crippen MR) is 102 cm³/mol. The summed E-state index contributed by atoms with van der Waals surface area (Å²) in [6.07, 6.45) is -0.509. The molecule has 1 heterocycles. The predicted octanol–water partition coefficient (Wildman–Crippen LogP) is 1.59. The Morgan fingerprint density at radius 3 is 2.62 bits per heavy atom. The van der Waals surface area contributed by atoms with Gasteiger partial charge < -0.3 is 19.6 Å². The van der Waals surface area contributed by atoms with Gasteiger partial charge >= 0.3 is 0 Å². The van der Waals surface area contributed by atoms with E-state index >= 15 is 0 Å². The maximum absolute atomic E-state index is 13.9. The number of piperazine rings is 1. The first-order chi connectivity index (χ1) is 12.5. The number of quaternary nitrogens is 1. The van der Waals surface area contributed by atoms with Crippen molar-refractivity contribution in [2.45, 2.75) is 20.0 Å². The minimum atomic E-state index is -0.509. The van der Waals surface area contributed by atoms with E-state index in [9.17, 15) is 9.50 Å². The molecule has 2 N–H and O–H groups in total. The van der Waals surface area contributed by atoms with Gasteiger partial charge in [-0.1, -0.05) is 24.3 Å². The van der Waals surface area contributed by atoms with E-state index in [1.165, 1.54) is 11.0 Å². The quantitative estimate of drug-likeness (QED) is 0.823. The van der Waals surface area contributed by atoms with Crippen LogP contribution in [0.3, 0.4) is 0 Å². The number of para-hydroxylation sites is 1. The fraction of sp³-hybridized carbons (Fsp3) is 0.429. The summed E-state index contributed by atoms with van der Waals surface area (Å²) in [5.74, 6) is 0.668. The van der Waals surface area contributed by atoms with Crippen molar-refractivity contribution in [3.05, 3.63) is 59.4 Å². The topological polar surface area (TPSA) is 37.1 Å². The monoisotopic (exact) mass is 359 g/mol. The maximum Gasteiger partial charge on any atom is 0.146 e. The van der Waals surface area contributed by atoms with Crippen LogP contribution in [-0.4, -0.2) is 50.5 Å². The first kappa shape index (κ1) is 18.7. The zero-order valence-electron chi connectivity index (χ0n) is 15.5. The van der Waals surface area contributed by atoms with E-state index in [2.05, 4.69) is 11.0 Å². The minimum Gasteiger partial charge on any atom is -0.490 e. The molecule has 0 saturated carbocycles. The van der Waals surface area contributed by atoms with Crippen LogP contribution in [0.25, 0.3) is 0 Å². The second-order valence-corrected chi connectivity index (χ2v) is 7.13. The van der Waals surface area contributed by atoms with E-state index in [1.54, 1.807) is 6.07 Å². The van der Waals surface area contributed by atoms with Gasteiger partial charge in [-0.15, -0.1) is 0 Å². The summed E-state index contributed by atoms with van der Waals surface area (Å²) in [5, 5.41) is 10.3. The van der Waals surface area contributed by atoms with Crippen molar-refractivity contribution >= 4 is 5.69 Å². The highest BCUT2D eigenvalue weighted by molar-refractivity contribution is 5.47. The summed E-state index contributed by atoms with van der Waals surface area (Å²) in [4.78, 5) is 3.41. The molecule has 140 valence electrons. The lowest BCUT2D eigenvalue weighted by molar-refractivity contribution is -0.903. The first-order valence-electron chi connectivity index (χ1n) is 9.24. The number of ether oxygens (including phenoxy) is 1. The number of halogens is 1. The lowest BCUT2D eigenvalue weighted by Gasteiger charge is -2.34. The van der Waals surface area contributed by atoms with Crippen LogP contribution in [0.15, 0.2) is 42.5 Å². The van der Waals surface area contributed by atoms with Gasteiger partial charge in [0, 0.05) is 0 Å². The maximum atomic E-state index is 13.9. The van der Waals surface area contributed by atoms with Gasteiger partial charge in [0.25, 0.3) is 0 Å². The lowest BCUT2D eigenvalue weighted by Crippen LogP contribution is -3.16. The lowest BCUT2D eigenvalue weighted by atomic mass is 10.1. The van der Waals surface area contributed by atoms with E-state index in [4.69, 9.17) is 4.74 Å². The van der Waals surface area contributed by atoms with Gasteiger partial charge in [0.2, 0.25) is 0 Å². The largest absolute Gasteiger partial charge is 0.490 e. The Balaban J connectivity index is 1.45. The van der Waals surface area contributed by atoms with Crippen LogP contribution in [0.2, 0.25) is 0 Å². The van der Waals surface area contributed by atoms with Gasteiger partial charge in [-0.3, -0.25) is 0 Å². The molecule has 2 aromatic rings. The molecule has 26 heavy (non-hydrogen) atoms. The molecule has 3 rings (SSSR count). The molecule has 0 spiro atoms. The number of hydrogen-bond donors (Lipinski definition) is 2. The smallest absolute Gasteiger partial charge is 0.146 e. The molecule has 0 bridgehead atoms. The molecule has 5 heteroatoms. The molecule has 2 aromatic carbocycles. The summed E-state index contributed by atoms with van der Waals surface area (Å²) < 4.78 is 19.7. The normalized spacial score (nSPS) is 16.5. The highest BCUT2D eigenvalue weighted by Crippen LogP contribution is 2.19. The SMILES string of the molecule is Cc1ccc(C)c(OC[C@@H](O)C[NH+]2CCN(c3ccccc3F)CC2)c1. The van der Waals surface area contributed by atoms with E-state index in [1.807, 2.05) is 38.1 Å². The molecular formula is C21H28FN2O2+. The van der Waals surface area contributed by atoms with Gasteiger partial charge in [-0.25, -0.2) is 4.39 Å². The number of nitrogens with one attached hydrogen (secondary N) is 1. The molecule has 1 fully saturated rings. The van der Waals surface area contributed by atoms with E-state index in [0.717, 1.165) is 43.1 Å². The fourth-order valence-electron chi connectivity index (χ4n) is 3.42. The molecule has 4 nitrogen and oxygen atoms in total. The molecule has 0 unspecified atom stereocenters. The average Bonchev–Trinajstić information content (AvgIpc) is 2.64. The van der Waals surface area contributed by atoms with Gasteiger partial charge in [0.05, 0.1) is 31.9 Å². The van der Waals surface area contributed by atoms with Crippen molar-refractivity contribution < 1.29 is 19.1 Å². The highest BCUT2D eigenvalue weighted by atomic mass is 19.1. The molecular weight excluding hydrogens is 331 g/mol. The van der Waals surface area contributed by atoms with E-state index in [0.29, 0.717) is 18.8 Å². The Hall–Kier alpha value is -2.11. The van der Waals surface area contributed by atoms with Crippen molar-refractivity contribution in [2.24, 2.45) is 0 Å². The van der Waals surface area contributed by atoms with Crippen LogP contribution in [0, 0.1) is 19.7 Å². The van der Waals surface area contributed by atoms with Crippen molar-refractivity contribution in [1.29, 1.82) is 0 Å². The fourth-order valence-corrected chi connectivity index (χ4v) is 3.42. The molecule has 1 aliphatic rings. The number of hydrogen-bond acceptors (Lipinski definition) is 3. The van der Waals surface area contributed by atoms with Gasteiger partial charge in [0.1, 0.15) is 30.8 Å². The third-order valence-corrected chi connectivity index (χ3v) is 4.96. The molecule has 1 atom stereocenters. The highest BCUT2D eigenvalue weighted by Gasteiger charge is 2.24. The zero-order chi connectivity index (χ0) is 18.5. The Morgan fingerprint density at radius 2 is 1.88 bits per heavy atom. The standard InChI is InChI=1S/C21H27FN2O2/c1-16-7-8-17(2)21(13-16)26-15-18(25)14-23-9-11-24(12-10-23)20-6-4-3-5-19(20)22/h3-8,13,18,25H,9-12,14-15H2,1-2H3/p+1/t18-/m0/s1. The van der Waals surface area contributed by atoms with Gasteiger partial charge in [-0.2, -0.15) is 0 Å². The van der Waals surface area contributed by atoms with E-state index in [-0.39, 0.29) is 5.82 Å². The van der Waals surface area contributed by atoms with Crippen LogP contribution in [0.4, 0.5) is 10.1 Å². The summed E-state index contributed by atoms with van der Waals surface area (Å²) >= 11 is 0. The van der Waals surface area contributed by atoms with Crippen molar-refractivity contribution in [3.8, 4) is 5.75 Å². The van der Waals surface area contributed by atoms with E-state index < -0.39 is 6.10 Å². The van der Waals surface area contributed by atoms with Crippen molar-refractivity contribution in [3.63, 3.8) is 0 Å². The van der Waals surface area contributed by atoms with Crippen LogP contribution < -0.4 is 14.5 Å². The summed E-state index contributed by atoms with van der Waals surface area (Å²) in [7, 11) is 0. The van der Waals surface area contributed by atoms with Crippen LogP contribution in [0.5, 0.6) is 5.75 Å². The molecule has 0 aromatic heterocycles. The Labute approximate surface area is 154 Å². The molecule has 1 saturated heterocycles. The Kier molecular flexibility index (Phi) is 6.12. The molecule has 0 amide bonds. The number of benzene rings is 2. The summed E-state index contributed by atoms with van der Waals surface area (Å²) in [5.41, 5.74) is 2.90. The third kappa shape index (κ3) is 4.74. The number of aryl methyl sites for hydroxylation is 2. The summed E-state index contributed by atoms with van der Waals surface area (Å²) in [6, 6.07) is 13.0. The van der Waals surface area contributed by atoms with Gasteiger partial charge in [-0.05, 0) is 43.2 Å². The van der Waals surface area contributed by atoms with Crippen molar-refractivity contribution in [1.82, 2.24) is 0 Å². The third-order valence-electron chi connectivity index (χ3n) is 4.96. The number of aliphatic hydroxyl groups is 1. The number of anilines is 1. The molecule has 0 aliphatic carbocycles. The number of nitrogens with zero attached hydrogens (tertiary/aromatic N) is 1. The molecule has 1 aliphatic heterocycles. The Bertz CT molecular complexity index is 730. The van der Waals surface area contributed by atoms with Crippen LogP contribution in [-0.2, 0) is 0 Å². The Morgan fingerprint density at radius 1 is 1.15 bits per heavy atom. The number of aliphatic hydroxyl groups excluding tert-OH is 1. The second kappa shape index (κ2) is 8.52. The van der Waals surface area contributed by atoms with Crippen molar-refractivity contribution in [2.75, 3.05) is 44.2 Å².